The first-order valence-corrected chi connectivity index (χ1v) is 13.1. The summed E-state index contributed by atoms with van der Waals surface area (Å²) in [5.74, 6) is 0. The summed E-state index contributed by atoms with van der Waals surface area (Å²) >= 11 is 0. The van der Waals surface area contributed by atoms with E-state index in [0.717, 1.165) is 0 Å². The molecule has 3 nitrogen and oxygen atoms in total. The summed E-state index contributed by atoms with van der Waals surface area (Å²) in [6.45, 7) is 8.34. The molecule has 3 heteroatoms. The Morgan fingerprint density at radius 3 is 0.966 bits per heavy atom. The van der Waals surface area contributed by atoms with Gasteiger partial charge in [-0.25, -0.2) is 0 Å². The fourth-order valence-electron chi connectivity index (χ4n) is 3.90. The third kappa shape index (κ3) is 24.0. The van der Waals surface area contributed by atoms with Crippen LogP contribution in [0.2, 0.25) is 0 Å². The van der Waals surface area contributed by atoms with Gasteiger partial charge in [0.15, 0.2) is 0 Å². The van der Waals surface area contributed by atoms with E-state index in [-0.39, 0.29) is 0 Å². The van der Waals surface area contributed by atoms with Crippen LogP contribution in [0, 0.1) is 0 Å². The molecule has 0 N–H and O–H groups in total. The zero-order valence-corrected chi connectivity index (χ0v) is 21.2. The first kappa shape index (κ1) is 28.9. The fourth-order valence-corrected chi connectivity index (χ4v) is 3.90. The molecule has 0 aliphatic carbocycles. The summed E-state index contributed by atoms with van der Waals surface area (Å²) < 4.78 is 0. The van der Waals surface area contributed by atoms with Crippen molar-refractivity contribution in [3.8, 4) is 0 Å². The second kappa shape index (κ2) is 22.6. The Labute approximate surface area is 185 Å². The van der Waals surface area contributed by atoms with Crippen LogP contribution in [0.5, 0.6) is 0 Å². The average Bonchev–Trinajstić information content (AvgIpc) is 2.68. The molecule has 0 bridgehead atoms. The largest absolute Gasteiger partial charge is 0.308 e. The van der Waals surface area contributed by atoms with Gasteiger partial charge in [0.25, 0.3) is 0 Å². The normalized spacial score (nSPS) is 12.0. The smallest absolute Gasteiger partial charge is 0.0110 e. The molecule has 176 valence electrons. The molecular formula is C26H57N3. The molecule has 0 heterocycles. The van der Waals surface area contributed by atoms with E-state index < -0.39 is 0 Å². The molecule has 0 atom stereocenters. The topological polar surface area (TPSA) is 9.72 Å². The van der Waals surface area contributed by atoms with Crippen molar-refractivity contribution >= 4 is 0 Å². The van der Waals surface area contributed by atoms with Gasteiger partial charge >= 0.3 is 0 Å². The van der Waals surface area contributed by atoms with Crippen LogP contribution in [0.3, 0.4) is 0 Å². The van der Waals surface area contributed by atoms with Crippen LogP contribution in [0.25, 0.3) is 0 Å². The summed E-state index contributed by atoms with van der Waals surface area (Å²) in [5, 5.41) is 0. The van der Waals surface area contributed by atoms with Crippen molar-refractivity contribution in [2.75, 3.05) is 60.9 Å². The van der Waals surface area contributed by atoms with Crippen LogP contribution in [-0.4, -0.2) is 75.6 Å². The van der Waals surface area contributed by atoms with Crippen molar-refractivity contribution in [2.45, 2.75) is 110 Å². The van der Waals surface area contributed by atoms with Crippen LogP contribution in [0.15, 0.2) is 0 Å². The Balaban J connectivity index is 3.40. The van der Waals surface area contributed by atoms with Gasteiger partial charge in [0.05, 0.1) is 0 Å². The lowest BCUT2D eigenvalue weighted by atomic mass is 10.0. The minimum atomic E-state index is 1.17. The van der Waals surface area contributed by atoms with Crippen molar-refractivity contribution < 1.29 is 0 Å². The van der Waals surface area contributed by atoms with Gasteiger partial charge < -0.3 is 14.7 Å². The molecular weight excluding hydrogens is 354 g/mol. The van der Waals surface area contributed by atoms with Gasteiger partial charge in [-0.3, -0.25) is 0 Å². The Morgan fingerprint density at radius 1 is 0.345 bits per heavy atom. The highest BCUT2D eigenvalue weighted by molar-refractivity contribution is 4.62. The highest BCUT2D eigenvalue weighted by Crippen LogP contribution is 2.13. The van der Waals surface area contributed by atoms with Crippen LogP contribution in [0.1, 0.15) is 110 Å². The van der Waals surface area contributed by atoms with E-state index in [9.17, 15) is 0 Å². The monoisotopic (exact) mass is 411 g/mol. The second-order valence-corrected chi connectivity index (χ2v) is 9.75. The van der Waals surface area contributed by atoms with Gasteiger partial charge in [-0.1, -0.05) is 103 Å². The summed E-state index contributed by atoms with van der Waals surface area (Å²) in [7, 11) is 8.72. The summed E-state index contributed by atoms with van der Waals surface area (Å²) in [5.41, 5.74) is 0. The first-order chi connectivity index (χ1) is 14.1. The molecule has 0 unspecified atom stereocenters. The quantitative estimate of drug-likeness (QED) is 0.174. The van der Waals surface area contributed by atoms with E-state index in [1.165, 1.54) is 135 Å². The number of nitrogens with zero attached hydrogens (tertiary/aromatic N) is 3. The fraction of sp³-hybridized carbons (Fsp3) is 1.00. The van der Waals surface area contributed by atoms with E-state index in [2.05, 4.69) is 49.8 Å². The maximum Gasteiger partial charge on any atom is 0.0110 e. The minimum Gasteiger partial charge on any atom is -0.308 e. The average molecular weight is 412 g/mol. The maximum atomic E-state index is 2.66. The number of rotatable bonds is 23. The standard InChI is InChI=1S/C26H57N3/c1-6-7-8-9-10-11-12-13-14-15-16-17-18-19-20-21-22-29(25-23-27(2)3)26-24-28(4)5/h6-26H2,1-5H3. The van der Waals surface area contributed by atoms with Crippen LogP contribution < -0.4 is 0 Å². The van der Waals surface area contributed by atoms with Gasteiger partial charge in [0, 0.05) is 26.2 Å². The molecule has 0 aliphatic rings. The summed E-state index contributed by atoms with van der Waals surface area (Å²) in [6.07, 6.45) is 23.2. The Bertz CT molecular complexity index is 292. The van der Waals surface area contributed by atoms with Crippen LogP contribution in [0.4, 0.5) is 0 Å². The van der Waals surface area contributed by atoms with Gasteiger partial charge in [0.2, 0.25) is 0 Å². The Hall–Kier alpha value is -0.120. The molecule has 29 heavy (non-hydrogen) atoms. The molecule has 0 spiro atoms. The lowest BCUT2D eigenvalue weighted by molar-refractivity contribution is 0.215. The highest BCUT2D eigenvalue weighted by Gasteiger charge is 2.06. The highest BCUT2D eigenvalue weighted by atomic mass is 15.2. The molecule has 0 aromatic heterocycles. The van der Waals surface area contributed by atoms with Crippen molar-refractivity contribution in [2.24, 2.45) is 0 Å². The van der Waals surface area contributed by atoms with Crippen molar-refractivity contribution in [1.29, 1.82) is 0 Å². The van der Waals surface area contributed by atoms with Crippen molar-refractivity contribution in [3.63, 3.8) is 0 Å². The molecule has 0 radical (unpaired) electrons. The Kier molecular flexibility index (Phi) is 22.5. The van der Waals surface area contributed by atoms with Gasteiger partial charge in [0.1, 0.15) is 0 Å². The maximum absolute atomic E-state index is 2.66. The predicted molar refractivity (Wildman–Crippen MR) is 133 cm³/mol. The summed E-state index contributed by atoms with van der Waals surface area (Å²) in [4.78, 5) is 7.26. The number of likely N-dealkylation sites (N-methyl/N-ethyl adjacent to an activating group) is 2. The van der Waals surface area contributed by atoms with E-state index in [0.29, 0.717) is 0 Å². The lowest BCUT2D eigenvalue weighted by Crippen LogP contribution is -2.37. The van der Waals surface area contributed by atoms with Crippen molar-refractivity contribution in [1.82, 2.24) is 14.7 Å². The second-order valence-electron chi connectivity index (χ2n) is 9.75. The SMILES string of the molecule is CCCCCCCCCCCCCCCCCCN(CCN(C)C)CCN(C)C. The molecule has 0 aromatic carbocycles. The van der Waals surface area contributed by atoms with Crippen LogP contribution in [-0.2, 0) is 0 Å². The summed E-state index contributed by atoms with van der Waals surface area (Å²) in [6, 6.07) is 0. The van der Waals surface area contributed by atoms with Crippen molar-refractivity contribution in [3.05, 3.63) is 0 Å². The van der Waals surface area contributed by atoms with E-state index in [1.807, 2.05) is 0 Å². The zero-order chi connectivity index (χ0) is 21.6. The molecule has 0 aliphatic heterocycles. The first-order valence-electron chi connectivity index (χ1n) is 13.1. The number of unbranched alkanes of at least 4 members (excludes halogenated alkanes) is 15. The van der Waals surface area contributed by atoms with E-state index in [4.69, 9.17) is 0 Å². The number of hydrogen-bond donors (Lipinski definition) is 0. The third-order valence-electron chi connectivity index (χ3n) is 6.05. The lowest BCUT2D eigenvalue weighted by Gasteiger charge is -2.25. The van der Waals surface area contributed by atoms with Gasteiger partial charge in [-0.15, -0.1) is 0 Å². The third-order valence-corrected chi connectivity index (χ3v) is 6.05. The van der Waals surface area contributed by atoms with E-state index >= 15 is 0 Å². The van der Waals surface area contributed by atoms with Crippen LogP contribution >= 0.6 is 0 Å². The molecule has 0 amide bonds. The predicted octanol–water partition coefficient (Wildman–Crippen LogP) is 6.67. The number of hydrogen-bond acceptors (Lipinski definition) is 3. The minimum absolute atomic E-state index is 1.17. The molecule has 0 saturated carbocycles. The molecule has 0 rings (SSSR count). The van der Waals surface area contributed by atoms with Gasteiger partial charge in [-0.05, 0) is 41.2 Å². The molecule has 0 aromatic rings. The van der Waals surface area contributed by atoms with E-state index in [1.54, 1.807) is 0 Å². The molecule has 0 fully saturated rings. The Morgan fingerprint density at radius 2 is 0.655 bits per heavy atom. The molecule has 0 saturated heterocycles. The van der Waals surface area contributed by atoms with Gasteiger partial charge in [-0.2, -0.15) is 0 Å². The zero-order valence-electron chi connectivity index (χ0n) is 21.2.